The molecule has 0 bridgehead atoms. The van der Waals surface area contributed by atoms with E-state index in [-0.39, 0.29) is 19.1 Å². The summed E-state index contributed by atoms with van der Waals surface area (Å²) in [6, 6.07) is 9.47. The van der Waals surface area contributed by atoms with Crippen molar-refractivity contribution in [1.82, 2.24) is 25.5 Å². The maximum atomic E-state index is 11.3. The van der Waals surface area contributed by atoms with Gasteiger partial charge >= 0.3 is 0 Å². The first-order valence-electron chi connectivity index (χ1n) is 5.39. The van der Waals surface area contributed by atoms with Crippen LogP contribution in [0.4, 0.5) is 0 Å². The highest BCUT2D eigenvalue weighted by Gasteiger charge is 2.09. The van der Waals surface area contributed by atoms with Crippen LogP contribution in [-0.2, 0) is 16.1 Å². The van der Waals surface area contributed by atoms with E-state index >= 15 is 0 Å². The molecule has 1 N–H and O–H groups in total. The smallest absolute Gasteiger partial charge is 0.246 e. The average molecular weight is 247 g/mol. The Morgan fingerprint density at radius 1 is 1.39 bits per heavy atom. The predicted molar refractivity (Wildman–Crippen MR) is 62.9 cm³/mol. The van der Waals surface area contributed by atoms with E-state index in [4.69, 9.17) is 4.74 Å². The van der Waals surface area contributed by atoms with Crippen LogP contribution >= 0.6 is 0 Å². The average Bonchev–Trinajstić information content (AvgIpc) is 2.86. The highest BCUT2D eigenvalue weighted by molar-refractivity contribution is 5.77. The van der Waals surface area contributed by atoms with E-state index < -0.39 is 0 Å². The number of benzene rings is 1. The highest BCUT2D eigenvalue weighted by atomic mass is 16.5. The molecule has 0 aliphatic heterocycles. The molecule has 18 heavy (non-hydrogen) atoms. The molecular formula is C11H13N5O2. The van der Waals surface area contributed by atoms with Gasteiger partial charge in [0, 0.05) is 7.11 Å². The second-order valence-electron chi connectivity index (χ2n) is 3.55. The van der Waals surface area contributed by atoms with Crippen molar-refractivity contribution < 1.29 is 9.53 Å². The number of aromatic nitrogens is 4. The predicted octanol–water partition coefficient (Wildman–Crippen LogP) is -0.0751. The number of rotatable bonds is 5. The normalized spacial score (nSPS) is 10.3. The summed E-state index contributed by atoms with van der Waals surface area (Å²) in [6.45, 7) is 0.275. The first-order chi connectivity index (χ1) is 8.81. The van der Waals surface area contributed by atoms with Crippen LogP contribution in [0.1, 0.15) is 5.82 Å². The van der Waals surface area contributed by atoms with Gasteiger partial charge in [-0.05, 0) is 22.6 Å². The fraction of sp³-hybridized carbons (Fsp3) is 0.273. The van der Waals surface area contributed by atoms with Gasteiger partial charge in [0.05, 0.1) is 12.2 Å². The maximum absolute atomic E-state index is 11.3. The summed E-state index contributed by atoms with van der Waals surface area (Å²) in [5, 5.41) is 14.0. The fourth-order valence-electron chi connectivity index (χ4n) is 1.45. The van der Waals surface area contributed by atoms with Crippen molar-refractivity contribution in [3.05, 3.63) is 36.2 Å². The standard InChI is InChI=1S/C11H13N5O2/c1-18-8-11(17)12-7-10-13-14-15-16(10)9-5-3-2-4-6-9/h2-6H,7-8H2,1H3,(H,12,17). The van der Waals surface area contributed by atoms with Crippen LogP contribution in [0, 0.1) is 0 Å². The summed E-state index contributed by atoms with van der Waals surface area (Å²) in [5.41, 5.74) is 0.846. The van der Waals surface area contributed by atoms with Crippen LogP contribution in [-0.4, -0.2) is 39.8 Å². The summed E-state index contributed by atoms with van der Waals surface area (Å²) in [5.74, 6) is 0.353. The van der Waals surface area contributed by atoms with Gasteiger partial charge in [0.2, 0.25) is 5.91 Å². The topological polar surface area (TPSA) is 81.9 Å². The quantitative estimate of drug-likeness (QED) is 0.799. The van der Waals surface area contributed by atoms with Crippen LogP contribution in [0.15, 0.2) is 30.3 Å². The van der Waals surface area contributed by atoms with Crippen LogP contribution in [0.5, 0.6) is 0 Å². The number of methoxy groups -OCH3 is 1. The van der Waals surface area contributed by atoms with Gasteiger partial charge < -0.3 is 10.1 Å². The lowest BCUT2D eigenvalue weighted by Gasteiger charge is -2.05. The number of para-hydroxylation sites is 1. The van der Waals surface area contributed by atoms with E-state index in [1.54, 1.807) is 4.68 Å². The molecule has 0 fully saturated rings. The number of carbonyl (C=O) groups is 1. The van der Waals surface area contributed by atoms with E-state index in [2.05, 4.69) is 20.8 Å². The minimum Gasteiger partial charge on any atom is -0.375 e. The molecule has 2 aromatic rings. The molecule has 0 unspecified atom stereocenters. The minimum atomic E-state index is -0.208. The summed E-state index contributed by atoms with van der Waals surface area (Å²) >= 11 is 0. The van der Waals surface area contributed by atoms with Gasteiger partial charge in [0.1, 0.15) is 6.61 Å². The van der Waals surface area contributed by atoms with Gasteiger partial charge in [-0.1, -0.05) is 18.2 Å². The Hall–Kier alpha value is -2.28. The Morgan fingerprint density at radius 3 is 2.89 bits per heavy atom. The molecule has 0 aliphatic carbocycles. The lowest BCUT2D eigenvalue weighted by molar-refractivity contribution is -0.124. The van der Waals surface area contributed by atoms with Gasteiger partial charge in [-0.2, -0.15) is 4.68 Å². The van der Waals surface area contributed by atoms with E-state index in [1.165, 1.54) is 7.11 Å². The molecule has 0 radical (unpaired) electrons. The van der Waals surface area contributed by atoms with Crippen LogP contribution < -0.4 is 5.32 Å². The molecular weight excluding hydrogens is 234 g/mol. The maximum Gasteiger partial charge on any atom is 0.246 e. The fourth-order valence-corrected chi connectivity index (χ4v) is 1.45. The van der Waals surface area contributed by atoms with Crippen LogP contribution in [0.3, 0.4) is 0 Å². The van der Waals surface area contributed by atoms with Crippen molar-refractivity contribution in [2.45, 2.75) is 6.54 Å². The largest absolute Gasteiger partial charge is 0.375 e. The third-order valence-corrected chi connectivity index (χ3v) is 2.25. The van der Waals surface area contributed by atoms with Crippen molar-refractivity contribution in [3.63, 3.8) is 0 Å². The molecule has 0 saturated heterocycles. The monoisotopic (exact) mass is 247 g/mol. The van der Waals surface area contributed by atoms with Gasteiger partial charge in [-0.3, -0.25) is 4.79 Å². The third kappa shape index (κ3) is 2.89. The summed E-state index contributed by atoms with van der Waals surface area (Å²) in [6.07, 6.45) is 0. The molecule has 7 nitrogen and oxygen atoms in total. The number of amides is 1. The van der Waals surface area contributed by atoms with Gasteiger partial charge in [0.15, 0.2) is 5.82 Å². The molecule has 0 atom stereocenters. The zero-order valence-electron chi connectivity index (χ0n) is 9.91. The number of hydrogen-bond donors (Lipinski definition) is 1. The number of tetrazole rings is 1. The van der Waals surface area contributed by atoms with Gasteiger partial charge in [-0.25, -0.2) is 0 Å². The number of hydrogen-bond acceptors (Lipinski definition) is 5. The molecule has 94 valence electrons. The van der Waals surface area contributed by atoms with E-state index in [0.717, 1.165) is 5.69 Å². The van der Waals surface area contributed by atoms with Crippen molar-refractivity contribution in [3.8, 4) is 5.69 Å². The minimum absolute atomic E-state index is 0.0207. The lowest BCUT2D eigenvalue weighted by Crippen LogP contribution is -2.28. The van der Waals surface area contributed by atoms with Gasteiger partial charge in [0.25, 0.3) is 0 Å². The second-order valence-corrected chi connectivity index (χ2v) is 3.55. The van der Waals surface area contributed by atoms with Crippen molar-refractivity contribution in [1.29, 1.82) is 0 Å². The Labute approximate surface area is 104 Å². The highest BCUT2D eigenvalue weighted by Crippen LogP contribution is 2.06. The van der Waals surface area contributed by atoms with Crippen molar-refractivity contribution >= 4 is 5.91 Å². The zero-order valence-corrected chi connectivity index (χ0v) is 9.91. The Bertz CT molecular complexity index is 511. The summed E-state index contributed by atoms with van der Waals surface area (Å²) in [7, 11) is 1.47. The van der Waals surface area contributed by atoms with Crippen molar-refractivity contribution in [2.75, 3.05) is 13.7 Å². The molecule has 7 heteroatoms. The second kappa shape index (κ2) is 5.87. The molecule has 0 aliphatic rings. The van der Waals surface area contributed by atoms with E-state index in [0.29, 0.717) is 5.82 Å². The Balaban J connectivity index is 2.07. The van der Waals surface area contributed by atoms with E-state index in [1.807, 2.05) is 30.3 Å². The number of carbonyl (C=O) groups excluding carboxylic acids is 1. The van der Waals surface area contributed by atoms with Crippen LogP contribution in [0.25, 0.3) is 5.69 Å². The first-order valence-corrected chi connectivity index (χ1v) is 5.39. The molecule has 0 saturated carbocycles. The molecule has 1 aromatic heterocycles. The first kappa shape index (κ1) is 12.2. The van der Waals surface area contributed by atoms with Gasteiger partial charge in [-0.15, -0.1) is 5.10 Å². The summed E-state index contributed by atoms with van der Waals surface area (Å²) < 4.78 is 6.29. The Kier molecular flexibility index (Phi) is 3.98. The number of nitrogens with one attached hydrogen (secondary N) is 1. The molecule has 0 spiro atoms. The van der Waals surface area contributed by atoms with E-state index in [9.17, 15) is 4.79 Å². The summed E-state index contributed by atoms with van der Waals surface area (Å²) in [4.78, 5) is 11.3. The number of ether oxygens (including phenoxy) is 1. The molecule has 1 amide bonds. The lowest BCUT2D eigenvalue weighted by atomic mass is 10.3. The molecule has 1 aromatic carbocycles. The van der Waals surface area contributed by atoms with Crippen LogP contribution in [0.2, 0.25) is 0 Å². The molecule has 2 rings (SSSR count). The molecule has 1 heterocycles. The Morgan fingerprint density at radius 2 is 2.17 bits per heavy atom. The number of nitrogens with zero attached hydrogens (tertiary/aromatic N) is 4. The zero-order chi connectivity index (χ0) is 12.8. The third-order valence-electron chi connectivity index (χ3n) is 2.25. The SMILES string of the molecule is COCC(=O)NCc1nnnn1-c1ccccc1. The van der Waals surface area contributed by atoms with Crippen molar-refractivity contribution in [2.24, 2.45) is 0 Å².